The van der Waals surface area contributed by atoms with E-state index in [4.69, 9.17) is 5.11 Å². The van der Waals surface area contributed by atoms with Crippen LogP contribution in [0.5, 0.6) is 0 Å². The predicted octanol–water partition coefficient (Wildman–Crippen LogP) is 1.76. The van der Waals surface area contributed by atoms with Gasteiger partial charge in [0.05, 0.1) is 6.42 Å². The monoisotopic (exact) mass is 239 g/mol. The molecule has 5 heteroatoms. The molecule has 0 aliphatic rings. The van der Waals surface area contributed by atoms with Crippen molar-refractivity contribution in [2.24, 2.45) is 0 Å². The van der Waals surface area contributed by atoms with Gasteiger partial charge in [-0.1, -0.05) is 6.07 Å². The summed E-state index contributed by atoms with van der Waals surface area (Å²) in [5.41, 5.74) is 0.213. The van der Waals surface area contributed by atoms with Crippen LogP contribution in [0.4, 0.5) is 4.39 Å². The number of rotatable bonds is 4. The third kappa shape index (κ3) is 3.55. The summed E-state index contributed by atoms with van der Waals surface area (Å²) < 4.78 is 12.9. The molecular weight excluding hydrogens is 225 g/mol. The maximum atomic E-state index is 12.9. The Kier molecular flexibility index (Phi) is 4.20. The van der Waals surface area contributed by atoms with Crippen LogP contribution in [0.15, 0.2) is 24.3 Å². The van der Waals surface area contributed by atoms with E-state index in [0.29, 0.717) is 0 Å². The average molecular weight is 239 g/mol. The summed E-state index contributed by atoms with van der Waals surface area (Å²) >= 11 is 0. The standard InChI is InChI=1S/C12H14FNO3/c1-8(6-11(15)16)14(2)12(17)9-4-3-5-10(13)7-9/h3-5,7-8H,6H2,1-2H3,(H,15,16). The number of carbonyl (C=O) groups excluding carboxylic acids is 1. The third-order valence-corrected chi connectivity index (χ3v) is 2.52. The van der Waals surface area contributed by atoms with Crippen LogP contribution in [0, 0.1) is 5.82 Å². The second-order valence-electron chi connectivity index (χ2n) is 3.87. The van der Waals surface area contributed by atoms with Crippen LogP contribution in [-0.2, 0) is 4.79 Å². The van der Waals surface area contributed by atoms with E-state index in [2.05, 4.69) is 0 Å². The molecule has 0 saturated carbocycles. The van der Waals surface area contributed by atoms with Crippen LogP contribution in [-0.4, -0.2) is 35.0 Å². The van der Waals surface area contributed by atoms with Gasteiger partial charge in [-0.05, 0) is 25.1 Å². The highest BCUT2D eigenvalue weighted by molar-refractivity contribution is 5.94. The van der Waals surface area contributed by atoms with Gasteiger partial charge < -0.3 is 10.0 Å². The molecule has 0 spiro atoms. The zero-order valence-corrected chi connectivity index (χ0v) is 9.68. The highest BCUT2D eigenvalue weighted by atomic mass is 19.1. The van der Waals surface area contributed by atoms with Gasteiger partial charge in [0.2, 0.25) is 0 Å². The van der Waals surface area contributed by atoms with E-state index in [1.807, 2.05) is 0 Å². The van der Waals surface area contributed by atoms with Crippen LogP contribution in [0.3, 0.4) is 0 Å². The van der Waals surface area contributed by atoms with Gasteiger partial charge in [0.15, 0.2) is 0 Å². The van der Waals surface area contributed by atoms with E-state index in [9.17, 15) is 14.0 Å². The highest BCUT2D eigenvalue weighted by Crippen LogP contribution is 2.10. The molecule has 0 saturated heterocycles. The lowest BCUT2D eigenvalue weighted by molar-refractivity contribution is -0.137. The van der Waals surface area contributed by atoms with E-state index in [-0.39, 0.29) is 12.0 Å². The maximum absolute atomic E-state index is 12.9. The molecule has 4 nitrogen and oxygen atoms in total. The number of halogens is 1. The zero-order chi connectivity index (χ0) is 13.0. The lowest BCUT2D eigenvalue weighted by atomic mass is 10.1. The summed E-state index contributed by atoms with van der Waals surface area (Å²) in [6.45, 7) is 1.63. The molecule has 0 radical (unpaired) electrons. The summed E-state index contributed by atoms with van der Waals surface area (Å²) in [5, 5.41) is 8.63. The average Bonchev–Trinajstić information content (AvgIpc) is 2.26. The van der Waals surface area contributed by atoms with E-state index in [0.717, 1.165) is 6.07 Å². The van der Waals surface area contributed by atoms with Crippen molar-refractivity contribution in [1.82, 2.24) is 4.90 Å². The van der Waals surface area contributed by atoms with Gasteiger partial charge in [-0.25, -0.2) is 4.39 Å². The Bertz CT molecular complexity index is 434. The Labute approximate surface area is 98.7 Å². The van der Waals surface area contributed by atoms with Crippen molar-refractivity contribution in [3.8, 4) is 0 Å². The Morgan fingerprint density at radius 3 is 2.65 bits per heavy atom. The molecule has 1 amide bonds. The van der Waals surface area contributed by atoms with E-state index >= 15 is 0 Å². The number of hydrogen-bond acceptors (Lipinski definition) is 2. The minimum atomic E-state index is -0.976. The molecule has 0 heterocycles. The van der Waals surface area contributed by atoms with Crippen molar-refractivity contribution in [2.45, 2.75) is 19.4 Å². The molecule has 92 valence electrons. The Hall–Kier alpha value is -1.91. The molecule has 17 heavy (non-hydrogen) atoms. The van der Waals surface area contributed by atoms with Crippen molar-refractivity contribution in [3.05, 3.63) is 35.6 Å². The van der Waals surface area contributed by atoms with Gasteiger partial charge in [-0.15, -0.1) is 0 Å². The van der Waals surface area contributed by atoms with Crippen molar-refractivity contribution >= 4 is 11.9 Å². The summed E-state index contributed by atoms with van der Waals surface area (Å²) in [7, 11) is 1.50. The van der Waals surface area contributed by atoms with Crippen molar-refractivity contribution in [2.75, 3.05) is 7.05 Å². The molecule has 0 fully saturated rings. The molecule has 1 rings (SSSR count). The molecule has 1 atom stereocenters. The summed E-state index contributed by atoms with van der Waals surface area (Å²) in [6.07, 6.45) is -0.141. The van der Waals surface area contributed by atoms with Crippen LogP contribution in [0.25, 0.3) is 0 Å². The Morgan fingerprint density at radius 1 is 1.47 bits per heavy atom. The number of benzene rings is 1. The summed E-state index contributed by atoms with van der Waals surface area (Å²) in [6, 6.07) is 4.88. The quantitative estimate of drug-likeness (QED) is 0.871. The van der Waals surface area contributed by atoms with Gasteiger partial charge in [0.25, 0.3) is 5.91 Å². The number of carboxylic acids is 1. The lowest BCUT2D eigenvalue weighted by Crippen LogP contribution is -2.36. The maximum Gasteiger partial charge on any atom is 0.305 e. The van der Waals surface area contributed by atoms with Crippen LogP contribution >= 0.6 is 0 Å². The number of nitrogens with zero attached hydrogens (tertiary/aromatic N) is 1. The first kappa shape index (κ1) is 13.2. The molecule has 0 bridgehead atoms. The first-order chi connectivity index (χ1) is 7.91. The van der Waals surface area contributed by atoms with Crippen molar-refractivity contribution < 1.29 is 19.1 Å². The third-order valence-electron chi connectivity index (χ3n) is 2.52. The van der Waals surface area contributed by atoms with Gasteiger partial charge in [0.1, 0.15) is 5.82 Å². The van der Waals surface area contributed by atoms with E-state index in [1.54, 1.807) is 6.92 Å². The second-order valence-corrected chi connectivity index (χ2v) is 3.87. The highest BCUT2D eigenvalue weighted by Gasteiger charge is 2.19. The zero-order valence-electron chi connectivity index (χ0n) is 9.68. The van der Waals surface area contributed by atoms with Crippen LogP contribution < -0.4 is 0 Å². The smallest absolute Gasteiger partial charge is 0.305 e. The van der Waals surface area contributed by atoms with Crippen LogP contribution in [0.2, 0.25) is 0 Å². The molecule has 0 aromatic heterocycles. The first-order valence-corrected chi connectivity index (χ1v) is 5.16. The van der Waals surface area contributed by atoms with E-state index in [1.165, 1.54) is 30.1 Å². The molecule has 0 aliphatic carbocycles. The first-order valence-electron chi connectivity index (χ1n) is 5.16. The number of carboxylic acid groups (broad SMARTS) is 1. The van der Waals surface area contributed by atoms with Gasteiger partial charge in [-0.2, -0.15) is 0 Å². The fourth-order valence-corrected chi connectivity index (χ4v) is 1.41. The Balaban J connectivity index is 2.79. The SMILES string of the molecule is CC(CC(=O)O)N(C)C(=O)c1cccc(F)c1. The predicted molar refractivity (Wildman–Crippen MR) is 60.2 cm³/mol. The van der Waals surface area contributed by atoms with Gasteiger partial charge >= 0.3 is 5.97 Å². The van der Waals surface area contributed by atoms with E-state index < -0.39 is 23.7 Å². The molecular formula is C12H14FNO3. The molecule has 1 aromatic carbocycles. The number of aliphatic carboxylic acids is 1. The second kappa shape index (κ2) is 5.43. The van der Waals surface area contributed by atoms with Gasteiger partial charge in [0, 0.05) is 18.7 Å². The van der Waals surface area contributed by atoms with Crippen molar-refractivity contribution in [1.29, 1.82) is 0 Å². The molecule has 0 aliphatic heterocycles. The number of hydrogen-bond donors (Lipinski definition) is 1. The fourth-order valence-electron chi connectivity index (χ4n) is 1.41. The summed E-state index contributed by atoms with van der Waals surface area (Å²) in [5.74, 6) is -1.86. The molecule has 1 N–H and O–H groups in total. The summed E-state index contributed by atoms with van der Waals surface area (Å²) in [4.78, 5) is 23.7. The lowest BCUT2D eigenvalue weighted by Gasteiger charge is -2.23. The van der Waals surface area contributed by atoms with Crippen molar-refractivity contribution in [3.63, 3.8) is 0 Å². The van der Waals surface area contributed by atoms with Gasteiger partial charge in [-0.3, -0.25) is 9.59 Å². The minimum absolute atomic E-state index is 0.141. The Morgan fingerprint density at radius 2 is 2.12 bits per heavy atom. The largest absolute Gasteiger partial charge is 0.481 e. The normalized spacial score (nSPS) is 11.9. The fraction of sp³-hybridized carbons (Fsp3) is 0.333. The minimum Gasteiger partial charge on any atom is -0.481 e. The number of amides is 1. The van der Waals surface area contributed by atoms with Crippen LogP contribution in [0.1, 0.15) is 23.7 Å². The molecule has 1 unspecified atom stereocenters. The molecule has 1 aromatic rings. The number of carbonyl (C=O) groups is 2. The topological polar surface area (TPSA) is 57.6 Å².